The molecule has 7 heteroatoms. The lowest BCUT2D eigenvalue weighted by Crippen LogP contribution is -2.44. The third kappa shape index (κ3) is 3.54. The number of benzene rings is 1. The summed E-state index contributed by atoms with van der Waals surface area (Å²) in [6, 6.07) is 5.59. The molecule has 2 aromatic rings. The number of aromatic nitrogens is 1. The van der Waals surface area contributed by atoms with E-state index in [1.54, 1.807) is 6.07 Å². The summed E-state index contributed by atoms with van der Waals surface area (Å²) < 4.78 is 28.2. The molecule has 1 fully saturated rings. The molecule has 1 atom stereocenters. The van der Waals surface area contributed by atoms with Crippen molar-refractivity contribution in [3.63, 3.8) is 0 Å². The largest absolute Gasteiger partial charge is 0.245 e. The van der Waals surface area contributed by atoms with Crippen LogP contribution >= 0.6 is 11.6 Å². The van der Waals surface area contributed by atoms with Gasteiger partial charge in [-0.2, -0.15) is 0 Å². The minimum Gasteiger partial charge on any atom is -0.245 e. The van der Waals surface area contributed by atoms with E-state index < -0.39 is 18.1 Å². The van der Waals surface area contributed by atoms with Gasteiger partial charge in [0.05, 0.1) is 18.5 Å². The predicted molar refractivity (Wildman–Crippen MR) is 108 cm³/mol. The highest BCUT2D eigenvalue weighted by molar-refractivity contribution is 7.92. The minimum atomic E-state index is -3.46. The third-order valence-corrected chi connectivity index (χ3v) is 12.8. The number of hydrogen-bond acceptors (Lipinski definition) is 2. The van der Waals surface area contributed by atoms with Crippen LogP contribution in [0.5, 0.6) is 0 Å². The summed E-state index contributed by atoms with van der Waals surface area (Å²) in [5.74, 6) is 0.361. The maximum atomic E-state index is 13.3. The molecule has 0 saturated carbocycles. The molecule has 0 amide bonds. The van der Waals surface area contributed by atoms with Crippen LogP contribution in [-0.4, -0.2) is 38.4 Å². The molecular formula is C18H26ClN2O2SSi. The van der Waals surface area contributed by atoms with Crippen LogP contribution in [0, 0.1) is 0 Å². The molecule has 1 aromatic carbocycles. The normalized spacial score (nSPS) is 18.6. The van der Waals surface area contributed by atoms with Gasteiger partial charge in [-0.05, 0) is 43.4 Å². The average molecular weight is 398 g/mol. The lowest BCUT2D eigenvalue weighted by atomic mass is 9.90. The molecule has 1 radical (unpaired) electrons. The highest BCUT2D eigenvalue weighted by Gasteiger charge is 2.36. The molecule has 1 saturated heterocycles. The van der Waals surface area contributed by atoms with Crippen molar-refractivity contribution in [1.82, 2.24) is 9.29 Å². The van der Waals surface area contributed by atoms with E-state index in [2.05, 4.69) is 25.0 Å². The van der Waals surface area contributed by atoms with E-state index in [0.717, 1.165) is 36.9 Å². The maximum absolute atomic E-state index is 13.3. The summed E-state index contributed by atoms with van der Waals surface area (Å²) in [7, 11) is -5.33. The fraction of sp³-hybridized carbons (Fsp3) is 0.556. The standard InChI is InChI=1S/C18H26ClN2O2SSi/c1-13(25(2,3)4)24(22,23)21-12-17(14-7-9-20-10-8-14)16-6-5-15(19)11-18(16)21/h5-6,11-14H,7-10H2,1-4H3. The molecule has 25 heavy (non-hydrogen) atoms. The van der Waals surface area contributed by atoms with Gasteiger partial charge in [0.1, 0.15) is 0 Å². The van der Waals surface area contributed by atoms with Crippen molar-refractivity contribution in [2.75, 3.05) is 13.1 Å². The molecule has 3 rings (SSSR count). The molecule has 0 N–H and O–H groups in total. The first-order chi connectivity index (χ1) is 11.6. The minimum absolute atomic E-state index is 0.361. The van der Waals surface area contributed by atoms with E-state index >= 15 is 0 Å². The number of nitrogens with zero attached hydrogens (tertiary/aromatic N) is 2. The molecule has 4 nitrogen and oxygen atoms in total. The van der Waals surface area contributed by atoms with Gasteiger partial charge in [-0.25, -0.2) is 17.7 Å². The van der Waals surface area contributed by atoms with Crippen LogP contribution < -0.4 is 5.32 Å². The zero-order valence-corrected chi connectivity index (χ0v) is 17.9. The highest BCUT2D eigenvalue weighted by atomic mass is 35.5. The summed E-state index contributed by atoms with van der Waals surface area (Å²) in [6.45, 7) is 9.83. The first-order valence-electron chi connectivity index (χ1n) is 8.80. The second-order valence-electron chi connectivity index (χ2n) is 8.04. The zero-order valence-electron chi connectivity index (χ0n) is 15.3. The number of fused-ring (bicyclic) bond motifs is 1. The second-order valence-corrected chi connectivity index (χ2v) is 16.6. The first kappa shape index (κ1) is 19.0. The van der Waals surface area contributed by atoms with Gasteiger partial charge in [0.15, 0.2) is 0 Å². The molecular weight excluding hydrogens is 372 g/mol. The Labute approximate surface area is 156 Å². The molecule has 2 heterocycles. The Kier molecular flexibility index (Phi) is 5.10. The predicted octanol–water partition coefficient (Wildman–Crippen LogP) is 4.22. The third-order valence-electron chi connectivity index (χ3n) is 5.42. The van der Waals surface area contributed by atoms with E-state index in [1.165, 1.54) is 3.97 Å². The summed E-state index contributed by atoms with van der Waals surface area (Å²) in [5, 5.41) is 5.99. The van der Waals surface area contributed by atoms with Gasteiger partial charge < -0.3 is 0 Å². The molecule has 1 unspecified atom stereocenters. The van der Waals surface area contributed by atoms with E-state index in [1.807, 2.05) is 25.3 Å². The monoisotopic (exact) mass is 397 g/mol. The molecule has 0 bridgehead atoms. The zero-order chi connectivity index (χ0) is 18.4. The van der Waals surface area contributed by atoms with Gasteiger partial charge >= 0.3 is 0 Å². The van der Waals surface area contributed by atoms with Gasteiger partial charge in [0.25, 0.3) is 0 Å². The maximum Gasteiger partial charge on any atom is 0.238 e. The molecule has 0 spiro atoms. The number of piperidine rings is 1. The quantitative estimate of drug-likeness (QED) is 0.725. The van der Waals surface area contributed by atoms with Crippen molar-refractivity contribution in [2.45, 2.75) is 50.2 Å². The Morgan fingerprint density at radius 1 is 1.24 bits per heavy atom. The Hall–Kier alpha value is -0.823. The summed E-state index contributed by atoms with van der Waals surface area (Å²) in [4.78, 5) is -0.371. The topological polar surface area (TPSA) is 53.2 Å². The van der Waals surface area contributed by atoms with Crippen molar-refractivity contribution in [2.24, 2.45) is 0 Å². The molecule has 1 aromatic heterocycles. The Balaban J connectivity index is 2.20. The van der Waals surface area contributed by atoms with Crippen LogP contribution in [0.3, 0.4) is 0 Å². The first-order valence-corrected chi connectivity index (χ1v) is 14.3. The average Bonchev–Trinajstić information content (AvgIpc) is 2.93. The summed E-state index contributed by atoms with van der Waals surface area (Å²) in [5.41, 5.74) is 1.82. The number of rotatable bonds is 4. The lowest BCUT2D eigenvalue weighted by Gasteiger charge is -2.25. The van der Waals surface area contributed by atoms with Gasteiger partial charge in [0, 0.05) is 29.7 Å². The fourth-order valence-corrected chi connectivity index (χ4v) is 8.52. The Morgan fingerprint density at radius 3 is 2.48 bits per heavy atom. The van der Waals surface area contributed by atoms with Crippen LogP contribution in [0.4, 0.5) is 0 Å². The van der Waals surface area contributed by atoms with E-state index in [4.69, 9.17) is 11.6 Å². The van der Waals surface area contributed by atoms with Crippen LogP contribution in [0.25, 0.3) is 10.9 Å². The molecule has 0 aliphatic carbocycles. The van der Waals surface area contributed by atoms with Gasteiger partial charge in [-0.1, -0.05) is 37.3 Å². The van der Waals surface area contributed by atoms with Gasteiger partial charge in [-0.15, -0.1) is 0 Å². The number of hydrogen-bond donors (Lipinski definition) is 0. The smallest absolute Gasteiger partial charge is 0.238 e. The molecule has 1 aliphatic rings. The van der Waals surface area contributed by atoms with Gasteiger partial charge in [-0.3, -0.25) is 0 Å². The van der Waals surface area contributed by atoms with E-state index in [0.29, 0.717) is 16.5 Å². The number of halogens is 1. The summed E-state index contributed by atoms with van der Waals surface area (Å²) >= 11 is 6.19. The Bertz CT molecular complexity index is 880. The summed E-state index contributed by atoms with van der Waals surface area (Å²) in [6.07, 6.45) is 3.81. The van der Waals surface area contributed by atoms with Crippen molar-refractivity contribution in [3.05, 3.63) is 35.0 Å². The van der Waals surface area contributed by atoms with Crippen LogP contribution in [-0.2, 0) is 10.0 Å². The van der Waals surface area contributed by atoms with Crippen molar-refractivity contribution >= 4 is 40.6 Å². The fourth-order valence-electron chi connectivity index (χ4n) is 3.41. The lowest BCUT2D eigenvalue weighted by molar-refractivity contribution is 0.455. The van der Waals surface area contributed by atoms with E-state index in [9.17, 15) is 8.42 Å². The highest BCUT2D eigenvalue weighted by Crippen LogP contribution is 2.36. The van der Waals surface area contributed by atoms with Gasteiger partial charge in [0.2, 0.25) is 10.0 Å². The Morgan fingerprint density at radius 2 is 1.88 bits per heavy atom. The van der Waals surface area contributed by atoms with Crippen molar-refractivity contribution < 1.29 is 8.42 Å². The van der Waals surface area contributed by atoms with E-state index in [-0.39, 0.29) is 4.87 Å². The molecule has 1 aliphatic heterocycles. The van der Waals surface area contributed by atoms with Crippen molar-refractivity contribution in [1.29, 1.82) is 0 Å². The van der Waals surface area contributed by atoms with Crippen LogP contribution in [0.15, 0.2) is 24.4 Å². The second kappa shape index (κ2) is 6.72. The SMILES string of the molecule is CC([Si](C)(C)C)S(=O)(=O)n1cc(C2CC[N]CC2)c2ccc(Cl)cc21. The van der Waals surface area contributed by atoms with Crippen LogP contribution in [0.2, 0.25) is 24.7 Å². The molecule has 137 valence electrons. The van der Waals surface area contributed by atoms with Crippen molar-refractivity contribution in [3.8, 4) is 0 Å². The van der Waals surface area contributed by atoms with Crippen LogP contribution in [0.1, 0.15) is 31.2 Å².